The summed E-state index contributed by atoms with van der Waals surface area (Å²) in [6.45, 7) is 0. The topological polar surface area (TPSA) is 55.9 Å². The van der Waals surface area contributed by atoms with Crippen LogP contribution in [0.25, 0.3) is 11.3 Å². The monoisotopic (exact) mass is 174 g/mol. The molecule has 1 aromatic carbocycles. The van der Waals surface area contributed by atoms with Crippen LogP contribution in [0.3, 0.4) is 0 Å². The first kappa shape index (κ1) is 7.82. The standard InChI is InChI=1S/C9H10N4/c10-12-13-7-11-6-9(13)8-4-2-1-3-5-8/h1-7,12H,10H2. The molecule has 66 valence electrons. The Hall–Kier alpha value is -1.81. The molecular weight excluding hydrogens is 164 g/mol. The molecule has 3 N–H and O–H groups in total. The molecule has 4 heteroatoms. The van der Waals surface area contributed by atoms with Crippen molar-refractivity contribution < 1.29 is 0 Å². The molecule has 0 amide bonds. The summed E-state index contributed by atoms with van der Waals surface area (Å²) in [6, 6.07) is 9.93. The van der Waals surface area contributed by atoms with Gasteiger partial charge in [0.1, 0.15) is 6.33 Å². The smallest absolute Gasteiger partial charge is 0.116 e. The van der Waals surface area contributed by atoms with Crippen LogP contribution < -0.4 is 11.4 Å². The number of hydrogen-bond acceptors (Lipinski definition) is 3. The van der Waals surface area contributed by atoms with Crippen molar-refractivity contribution in [3.63, 3.8) is 0 Å². The highest BCUT2D eigenvalue weighted by atomic mass is 15.6. The quantitative estimate of drug-likeness (QED) is 0.527. The van der Waals surface area contributed by atoms with Gasteiger partial charge in [0.2, 0.25) is 0 Å². The molecular formula is C9H10N4. The van der Waals surface area contributed by atoms with Crippen molar-refractivity contribution in [1.82, 2.24) is 9.66 Å². The highest BCUT2D eigenvalue weighted by Crippen LogP contribution is 2.16. The SMILES string of the molecule is NNn1cncc1-c1ccccc1. The molecule has 2 rings (SSSR count). The summed E-state index contributed by atoms with van der Waals surface area (Å²) in [7, 11) is 0. The number of benzene rings is 1. The molecule has 0 fully saturated rings. The molecule has 4 nitrogen and oxygen atoms in total. The van der Waals surface area contributed by atoms with Gasteiger partial charge in [-0.05, 0) is 0 Å². The van der Waals surface area contributed by atoms with E-state index < -0.39 is 0 Å². The Bertz CT molecular complexity index is 380. The molecule has 1 heterocycles. The van der Waals surface area contributed by atoms with Gasteiger partial charge in [-0.25, -0.2) is 15.5 Å². The van der Waals surface area contributed by atoms with Gasteiger partial charge in [-0.15, -0.1) is 0 Å². The normalized spacial score (nSPS) is 9.92. The second-order valence-corrected chi connectivity index (χ2v) is 2.64. The van der Waals surface area contributed by atoms with Crippen LogP contribution in [0.4, 0.5) is 0 Å². The number of nitrogens with one attached hydrogen (secondary N) is 1. The number of imidazole rings is 1. The van der Waals surface area contributed by atoms with Crippen molar-refractivity contribution in [2.75, 3.05) is 5.53 Å². The molecule has 0 aliphatic carbocycles. The minimum Gasteiger partial charge on any atom is -0.260 e. The molecule has 1 aromatic heterocycles. The van der Waals surface area contributed by atoms with Crippen LogP contribution in [-0.2, 0) is 0 Å². The summed E-state index contributed by atoms with van der Waals surface area (Å²) in [4.78, 5) is 3.99. The molecule has 0 bridgehead atoms. The van der Waals surface area contributed by atoms with E-state index in [0.717, 1.165) is 11.3 Å². The Morgan fingerprint density at radius 2 is 2.00 bits per heavy atom. The van der Waals surface area contributed by atoms with Crippen LogP contribution in [0, 0.1) is 0 Å². The molecule has 0 aliphatic heterocycles. The van der Waals surface area contributed by atoms with Gasteiger partial charge in [0.05, 0.1) is 11.9 Å². The average molecular weight is 174 g/mol. The number of nitrogens with zero attached hydrogens (tertiary/aromatic N) is 2. The molecule has 0 radical (unpaired) electrons. The zero-order valence-corrected chi connectivity index (χ0v) is 7.01. The van der Waals surface area contributed by atoms with Gasteiger partial charge in [0.25, 0.3) is 0 Å². The fourth-order valence-corrected chi connectivity index (χ4v) is 1.22. The lowest BCUT2D eigenvalue weighted by atomic mass is 10.2. The molecule has 2 aromatic rings. The van der Waals surface area contributed by atoms with E-state index in [1.807, 2.05) is 30.3 Å². The van der Waals surface area contributed by atoms with Crippen molar-refractivity contribution in [1.29, 1.82) is 0 Å². The lowest BCUT2D eigenvalue weighted by Gasteiger charge is -2.05. The zero-order valence-electron chi connectivity index (χ0n) is 7.01. The minimum absolute atomic E-state index is 0.947. The first-order valence-corrected chi connectivity index (χ1v) is 3.96. The maximum absolute atomic E-state index is 5.31. The number of aromatic nitrogens is 2. The maximum atomic E-state index is 5.31. The summed E-state index contributed by atoms with van der Waals surface area (Å²) in [6.07, 6.45) is 3.39. The first-order valence-electron chi connectivity index (χ1n) is 3.96. The molecule has 0 saturated heterocycles. The van der Waals surface area contributed by atoms with Gasteiger partial charge in [0.15, 0.2) is 0 Å². The van der Waals surface area contributed by atoms with Crippen LogP contribution in [0.15, 0.2) is 42.9 Å². The lowest BCUT2D eigenvalue weighted by molar-refractivity contribution is 0.885. The van der Waals surface area contributed by atoms with E-state index >= 15 is 0 Å². The predicted molar refractivity (Wildman–Crippen MR) is 51.2 cm³/mol. The maximum Gasteiger partial charge on any atom is 0.116 e. The number of nitrogen functional groups attached to an aromatic ring is 1. The van der Waals surface area contributed by atoms with E-state index in [0.29, 0.717) is 0 Å². The Morgan fingerprint density at radius 1 is 1.23 bits per heavy atom. The van der Waals surface area contributed by atoms with E-state index in [4.69, 9.17) is 5.84 Å². The minimum atomic E-state index is 0.947. The largest absolute Gasteiger partial charge is 0.260 e. The average Bonchev–Trinajstić information content (AvgIpc) is 2.67. The summed E-state index contributed by atoms with van der Waals surface area (Å²) < 4.78 is 1.66. The Labute approximate surface area is 76.0 Å². The number of nitrogens with two attached hydrogens (primary N) is 1. The van der Waals surface area contributed by atoms with E-state index in [1.54, 1.807) is 17.2 Å². The Kier molecular flexibility index (Phi) is 1.97. The highest BCUT2D eigenvalue weighted by molar-refractivity contribution is 5.58. The third kappa shape index (κ3) is 1.39. The van der Waals surface area contributed by atoms with Crippen LogP contribution in [-0.4, -0.2) is 9.66 Å². The number of hydrazine groups is 1. The Morgan fingerprint density at radius 3 is 2.69 bits per heavy atom. The second kappa shape index (κ2) is 3.28. The van der Waals surface area contributed by atoms with Gasteiger partial charge < -0.3 is 0 Å². The van der Waals surface area contributed by atoms with Crippen LogP contribution in [0.1, 0.15) is 0 Å². The molecule has 0 aliphatic rings. The van der Waals surface area contributed by atoms with Gasteiger partial charge in [-0.2, -0.15) is 0 Å². The van der Waals surface area contributed by atoms with Crippen molar-refractivity contribution in [2.24, 2.45) is 5.84 Å². The van der Waals surface area contributed by atoms with Crippen LogP contribution in [0.5, 0.6) is 0 Å². The molecule has 0 atom stereocenters. The third-order valence-electron chi connectivity index (χ3n) is 1.85. The second-order valence-electron chi connectivity index (χ2n) is 2.64. The number of rotatable bonds is 2. The Balaban J connectivity index is 2.47. The van der Waals surface area contributed by atoms with Crippen molar-refractivity contribution in [3.05, 3.63) is 42.9 Å². The molecule has 0 spiro atoms. The molecule has 13 heavy (non-hydrogen) atoms. The molecule has 0 saturated carbocycles. The fraction of sp³-hybridized carbons (Fsp3) is 0. The summed E-state index contributed by atoms with van der Waals surface area (Å²) in [5.74, 6) is 5.31. The first-order chi connectivity index (χ1) is 6.42. The summed E-state index contributed by atoms with van der Waals surface area (Å²) in [5, 5.41) is 0. The fourth-order valence-electron chi connectivity index (χ4n) is 1.22. The summed E-state index contributed by atoms with van der Waals surface area (Å²) in [5.41, 5.74) is 4.56. The molecule has 0 unspecified atom stereocenters. The predicted octanol–water partition coefficient (Wildman–Crippen LogP) is 0.967. The summed E-state index contributed by atoms with van der Waals surface area (Å²) >= 11 is 0. The van der Waals surface area contributed by atoms with Crippen molar-refractivity contribution >= 4 is 0 Å². The van der Waals surface area contributed by atoms with E-state index in [2.05, 4.69) is 10.5 Å². The van der Waals surface area contributed by atoms with Crippen molar-refractivity contribution in [2.45, 2.75) is 0 Å². The van der Waals surface area contributed by atoms with Crippen LogP contribution >= 0.6 is 0 Å². The zero-order chi connectivity index (χ0) is 9.10. The van der Waals surface area contributed by atoms with Gasteiger partial charge in [-0.1, -0.05) is 30.3 Å². The van der Waals surface area contributed by atoms with E-state index in [9.17, 15) is 0 Å². The third-order valence-corrected chi connectivity index (χ3v) is 1.85. The van der Waals surface area contributed by atoms with E-state index in [-0.39, 0.29) is 0 Å². The van der Waals surface area contributed by atoms with Gasteiger partial charge in [-0.3, -0.25) is 5.53 Å². The van der Waals surface area contributed by atoms with Crippen molar-refractivity contribution in [3.8, 4) is 11.3 Å². The van der Waals surface area contributed by atoms with Gasteiger partial charge >= 0.3 is 0 Å². The van der Waals surface area contributed by atoms with Crippen LogP contribution in [0.2, 0.25) is 0 Å². The van der Waals surface area contributed by atoms with Gasteiger partial charge in [0, 0.05) is 5.56 Å². The highest BCUT2D eigenvalue weighted by Gasteiger charge is 2.01. The lowest BCUT2D eigenvalue weighted by Crippen LogP contribution is -2.21. The number of hydrogen-bond donors (Lipinski definition) is 2. The van der Waals surface area contributed by atoms with E-state index in [1.165, 1.54) is 0 Å².